The van der Waals surface area contributed by atoms with Gasteiger partial charge < -0.3 is 5.32 Å². The molecule has 1 aliphatic rings. The van der Waals surface area contributed by atoms with Crippen LogP contribution >= 0.6 is 11.6 Å². The van der Waals surface area contributed by atoms with Gasteiger partial charge >= 0.3 is 0 Å². The van der Waals surface area contributed by atoms with Crippen molar-refractivity contribution >= 4 is 17.5 Å². The second-order valence-corrected chi connectivity index (χ2v) is 5.62. The predicted octanol–water partition coefficient (Wildman–Crippen LogP) is 2.86. The van der Waals surface area contributed by atoms with Gasteiger partial charge in [-0.1, -0.05) is 54.1 Å². The van der Waals surface area contributed by atoms with E-state index in [4.69, 9.17) is 11.6 Å². The zero-order chi connectivity index (χ0) is 14.7. The number of rotatable bonds is 3. The Labute approximate surface area is 129 Å². The van der Waals surface area contributed by atoms with Gasteiger partial charge in [0.2, 0.25) is 5.91 Å². The molecular formula is C17H17ClN2O. The van der Waals surface area contributed by atoms with Crippen LogP contribution in [0.4, 0.5) is 0 Å². The van der Waals surface area contributed by atoms with Crippen molar-refractivity contribution < 1.29 is 4.79 Å². The van der Waals surface area contributed by atoms with Crippen LogP contribution in [0.1, 0.15) is 17.2 Å². The number of halogens is 1. The maximum absolute atomic E-state index is 11.7. The third-order valence-electron chi connectivity index (χ3n) is 3.73. The van der Waals surface area contributed by atoms with Gasteiger partial charge in [-0.3, -0.25) is 9.69 Å². The van der Waals surface area contributed by atoms with Crippen molar-refractivity contribution in [1.29, 1.82) is 0 Å². The lowest BCUT2D eigenvalue weighted by atomic mass is 9.96. The number of benzene rings is 2. The van der Waals surface area contributed by atoms with Crippen LogP contribution in [0.5, 0.6) is 0 Å². The molecule has 1 heterocycles. The molecule has 0 aliphatic carbocycles. The lowest BCUT2D eigenvalue weighted by molar-refractivity contribution is -0.124. The number of hydrogen-bond donors (Lipinski definition) is 1. The summed E-state index contributed by atoms with van der Waals surface area (Å²) >= 11 is 5.99. The van der Waals surface area contributed by atoms with Gasteiger partial charge in [0.15, 0.2) is 0 Å². The fourth-order valence-corrected chi connectivity index (χ4v) is 2.90. The van der Waals surface area contributed by atoms with Gasteiger partial charge in [-0.25, -0.2) is 0 Å². The van der Waals surface area contributed by atoms with Crippen molar-refractivity contribution in [1.82, 2.24) is 10.2 Å². The van der Waals surface area contributed by atoms with Gasteiger partial charge in [-0.15, -0.1) is 0 Å². The molecule has 1 aliphatic heterocycles. The van der Waals surface area contributed by atoms with Crippen LogP contribution in [-0.4, -0.2) is 30.4 Å². The summed E-state index contributed by atoms with van der Waals surface area (Å²) in [6, 6.07) is 18.2. The molecule has 0 aromatic heterocycles. The Hall–Kier alpha value is -1.84. The van der Waals surface area contributed by atoms with Gasteiger partial charge in [-0.05, 0) is 23.3 Å². The largest absolute Gasteiger partial charge is 0.354 e. The van der Waals surface area contributed by atoms with Crippen LogP contribution in [0, 0.1) is 0 Å². The first kappa shape index (κ1) is 14.1. The van der Waals surface area contributed by atoms with Gasteiger partial charge in [0.25, 0.3) is 0 Å². The first-order valence-corrected chi connectivity index (χ1v) is 7.43. The summed E-state index contributed by atoms with van der Waals surface area (Å²) in [5.41, 5.74) is 2.34. The molecule has 0 radical (unpaired) electrons. The molecule has 108 valence electrons. The molecule has 1 atom stereocenters. The third kappa shape index (κ3) is 3.26. The highest BCUT2D eigenvalue weighted by molar-refractivity contribution is 6.30. The molecule has 21 heavy (non-hydrogen) atoms. The van der Waals surface area contributed by atoms with E-state index in [1.165, 1.54) is 5.56 Å². The zero-order valence-corrected chi connectivity index (χ0v) is 12.4. The van der Waals surface area contributed by atoms with Crippen LogP contribution in [-0.2, 0) is 4.79 Å². The number of carbonyl (C=O) groups excluding carboxylic acids is 1. The topological polar surface area (TPSA) is 32.3 Å². The highest BCUT2D eigenvalue weighted by Crippen LogP contribution is 2.29. The summed E-state index contributed by atoms with van der Waals surface area (Å²) < 4.78 is 0. The molecule has 1 amide bonds. The molecule has 3 rings (SSSR count). The van der Waals surface area contributed by atoms with E-state index in [1.807, 2.05) is 42.5 Å². The smallest absolute Gasteiger partial charge is 0.234 e. The van der Waals surface area contributed by atoms with Crippen molar-refractivity contribution in [2.75, 3.05) is 19.6 Å². The van der Waals surface area contributed by atoms with E-state index in [1.54, 1.807) is 0 Å². The average molecular weight is 301 g/mol. The van der Waals surface area contributed by atoms with Crippen molar-refractivity contribution in [3.63, 3.8) is 0 Å². The Kier molecular flexibility index (Phi) is 4.23. The van der Waals surface area contributed by atoms with Gasteiger partial charge in [0, 0.05) is 18.1 Å². The summed E-state index contributed by atoms with van der Waals surface area (Å²) in [6.07, 6.45) is 0. The Morgan fingerprint density at radius 3 is 2.33 bits per heavy atom. The van der Waals surface area contributed by atoms with Gasteiger partial charge in [-0.2, -0.15) is 0 Å². The van der Waals surface area contributed by atoms with E-state index in [0.717, 1.165) is 17.1 Å². The molecule has 1 fully saturated rings. The van der Waals surface area contributed by atoms with Crippen LogP contribution in [0.3, 0.4) is 0 Å². The molecule has 3 nitrogen and oxygen atoms in total. The van der Waals surface area contributed by atoms with Crippen LogP contribution in [0.15, 0.2) is 54.6 Å². The number of nitrogens with zero attached hydrogens (tertiary/aromatic N) is 1. The Morgan fingerprint density at radius 2 is 1.67 bits per heavy atom. The summed E-state index contributed by atoms with van der Waals surface area (Å²) in [6.45, 7) is 1.95. The highest BCUT2D eigenvalue weighted by Gasteiger charge is 2.26. The van der Waals surface area contributed by atoms with Gasteiger partial charge in [0.1, 0.15) is 0 Å². The van der Waals surface area contributed by atoms with Crippen molar-refractivity contribution in [2.24, 2.45) is 0 Å². The molecule has 0 spiro atoms. The monoisotopic (exact) mass is 300 g/mol. The minimum Gasteiger partial charge on any atom is -0.354 e. The summed E-state index contributed by atoms with van der Waals surface area (Å²) in [5, 5.41) is 3.60. The minimum absolute atomic E-state index is 0.0783. The zero-order valence-electron chi connectivity index (χ0n) is 11.6. The normalized spacial score (nSPS) is 17.3. The number of piperazine rings is 1. The van der Waals surface area contributed by atoms with E-state index < -0.39 is 0 Å². The Bertz CT molecular complexity index is 612. The summed E-state index contributed by atoms with van der Waals surface area (Å²) in [7, 11) is 0. The number of carbonyl (C=O) groups is 1. The molecule has 4 heteroatoms. The lowest BCUT2D eigenvalue weighted by Gasteiger charge is -2.34. The highest BCUT2D eigenvalue weighted by atomic mass is 35.5. The molecule has 0 bridgehead atoms. The standard InChI is InChI=1S/C17H17ClN2O/c18-15-8-6-14(7-9-15)17(13-4-2-1-3-5-13)20-11-10-19-16(21)12-20/h1-9,17H,10-12H2,(H,19,21)/t17-/m0/s1. The van der Waals surface area contributed by atoms with Gasteiger partial charge in [0.05, 0.1) is 12.6 Å². The van der Waals surface area contributed by atoms with E-state index in [-0.39, 0.29) is 11.9 Å². The second kappa shape index (κ2) is 6.29. The van der Waals surface area contributed by atoms with Crippen molar-refractivity contribution in [2.45, 2.75) is 6.04 Å². The molecule has 0 saturated carbocycles. The summed E-state index contributed by atoms with van der Waals surface area (Å²) in [5.74, 6) is 0.0798. The van der Waals surface area contributed by atoms with E-state index in [9.17, 15) is 4.79 Å². The SMILES string of the molecule is O=C1CN([C@@H](c2ccccc2)c2ccc(Cl)cc2)CCN1. The van der Waals surface area contributed by atoms with Crippen LogP contribution in [0.25, 0.3) is 0 Å². The lowest BCUT2D eigenvalue weighted by Crippen LogP contribution is -2.49. The third-order valence-corrected chi connectivity index (χ3v) is 3.99. The maximum Gasteiger partial charge on any atom is 0.234 e. The van der Waals surface area contributed by atoms with Crippen LogP contribution < -0.4 is 5.32 Å². The average Bonchev–Trinajstić information content (AvgIpc) is 2.51. The molecular weight excluding hydrogens is 284 g/mol. The molecule has 2 aromatic carbocycles. The van der Waals surface area contributed by atoms with Crippen LogP contribution in [0.2, 0.25) is 5.02 Å². The summed E-state index contributed by atoms with van der Waals surface area (Å²) in [4.78, 5) is 13.9. The first-order chi connectivity index (χ1) is 10.2. The number of hydrogen-bond acceptors (Lipinski definition) is 2. The Balaban J connectivity index is 1.98. The first-order valence-electron chi connectivity index (χ1n) is 7.05. The number of nitrogens with one attached hydrogen (secondary N) is 1. The van der Waals surface area contributed by atoms with Crippen molar-refractivity contribution in [3.8, 4) is 0 Å². The van der Waals surface area contributed by atoms with Crippen molar-refractivity contribution in [3.05, 3.63) is 70.7 Å². The molecule has 0 unspecified atom stereocenters. The second-order valence-electron chi connectivity index (χ2n) is 5.19. The quantitative estimate of drug-likeness (QED) is 0.945. The fourth-order valence-electron chi connectivity index (χ4n) is 2.77. The Morgan fingerprint density at radius 1 is 1.00 bits per heavy atom. The van der Waals surface area contributed by atoms with E-state index >= 15 is 0 Å². The minimum atomic E-state index is 0.0783. The van der Waals surface area contributed by atoms with E-state index in [2.05, 4.69) is 22.3 Å². The predicted molar refractivity (Wildman–Crippen MR) is 84.3 cm³/mol. The molecule has 1 N–H and O–H groups in total. The fraction of sp³-hybridized carbons (Fsp3) is 0.235. The molecule has 2 aromatic rings. The van der Waals surface area contributed by atoms with E-state index in [0.29, 0.717) is 13.1 Å². The maximum atomic E-state index is 11.7. The molecule has 1 saturated heterocycles. The number of amides is 1.